The smallest absolute Gasteiger partial charge is 0.290 e. The lowest BCUT2D eigenvalue weighted by Gasteiger charge is -2.14. The highest BCUT2D eigenvalue weighted by Crippen LogP contribution is 2.18. The van der Waals surface area contributed by atoms with Gasteiger partial charge in [0.05, 0.1) is 18.8 Å². The van der Waals surface area contributed by atoms with Crippen LogP contribution in [-0.4, -0.2) is 16.5 Å². The molecular formula is C15H20ClN3O2. The van der Waals surface area contributed by atoms with Crippen molar-refractivity contribution in [3.8, 4) is 0 Å². The zero-order valence-corrected chi connectivity index (χ0v) is 13.1. The summed E-state index contributed by atoms with van der Waals surface area (Å²) in [5.74, 6) is 0. The summed E-state index contributed by atoms with van der Waals surface area (Å²) in [4.78, 5) is 12.4. The number of nitrogen functional groups attached to an aromatic ring is 1. The predicted molar refractivity (Wildman–Crippen MR) is 84.7 cm³/mol. The number of nitrogens with zero attached hydrogens (tertiary/aromatic N) is 2. The molecule has 0 aliphatic heterocycles. The fourth-order valence-corrected chi connectivity index (χ4v) is 2.55. The minimum absolute atomic E-state index is 0.199. The zero-order chi connectivity index (χ0) is 15.4. The van der Waals surface area contributed by atoms with Gasteiger partial charge in [0.15, 0.2) is 0 Å². The van der Waals surface area contributed by atoms with E-state index in [0.29, 0.717) is 24.7 Å². The molecule has 21 heavy (non-hydrogen) atoms. The quantitative estimate of drug-likeness (QED) is 0.891. The van der Waals surface area contributed by atoms with Crippen LogP contribution < -0.4 is 11.3 Å². The summed E-state index contributed by atoms with van der Waals surface area (Å²) in [7, 11) is 1.59. The number of hydrogen-bond acceptors (Lipinski definition) is 3. The molecule has 0 saturated heterocycles. The highest BCUT2D eigenvalue weighted by atomic mass is 35.5. The summed E-state index contributed by atoms with van der Waals surface area (Å²) in [6.45, 7) is 3.47. The first-order valence-electron chi connectivity index (χ1n) is 6.90. The van der Waals surface area contributed by atoms with Gasteiger partial charge in [0.2, 0.25) is 0 Å². The molecule has 1 aromatic carbocycles. The standard InChI is InChI=1S/C15H20ClN3O2/c1-3-8-18-13(10-21-2)14(17)15(20)19(18)9-11-6-4-5-7-12(11)16/h4-7H,3,8-10,17H2,1-2H3. The van der Waals surface area contributed by atoms with Crippen molar-refractivity contribution in [3.63, 3.8) is 0 Å². The maximum atomic E-state index is 12.4. The molecule has 5 nitrogen and oxygen atoms in total. The molecule has 0 aliphatic rings. The average Bonchev–Trinajstić information content (AvgIpc) is 2.68. The molecule has 0 radical (unpaired) electrons. The SMILES string of the molecule is CCCn1c(COC)c(N)c(=O)n1Cc1ccccc1Cl. The second kappa shape index (κ2) is 6.83. The number of aromatic nitrogens is 2. The Kier molecular flexibility index (Phi) is 5.09. The van der Waals surface area contributed by atoms with E-state index in [2.05, 4.69) is 6.92 Å². The van der Waals surface area contributed by atoms with Gasteiger partial charge in [0, 0.05) is 18.7 Å². The van der Waals surface area contributed by atoms with E-state index in [1.807, 2.05) is 28.9 Å². The van der Waals surface area contributed by atoms with Gasteiger partial charge in [-0.2, -0.15) is 0 Å². The van der Waals surface area contributed by atoms with Crippen LogP contribution in [0, 0.1) is 0 Å². The summed E-state index contributed by atoms with van der Waals surface area (Å²) < 4.78 is 8.69. The van der Waals surface area contributed by atoms with Crippen LogP contribution in [0.25, 0.3) is 0 Å². The van der Waals surface area contributed by atoms with Crippen LogP contribution in [-0.2, 0) is 24.4 Å². The molecule has 1 heterocycles. The Balaban J connectivity index is 2.50. The number of anilines is 1. The first-order valence-corrected chi connectivity index (χ1v) is 7.28. The molecule has 0 unspecified atom stereocenters. The van der Waals surface area contributed by atoms with Gasteiger partial charge in [0.25, 0.3) is 5.56 Å². The van der Waals surface area contributed by atoms with Gasteiger partial charge < -0.3 is 10.5 Å². The van der Waals surface area contributed by atoms with Crippen LogP contribution in [0.3, 0.4) is 0 Å². The van der Waals surface area contributed by atoms with Crippen LogP contribution in [0.1, 0.15) is 24.6 Å². The van der Waals surface area contributed by atoms with Crippen LogP contribution in [0.4, 0.5) is 5.69 Å². The van der Waals surface area contributed by atoms with Crippen LogP contribution >= 0.6 is 11.6 Å². The van der Waals surface area contributed by atoms with E-state index in [4.69, 9.17) is 22.1 Å². The van der Waals surface area contributed by atoms with Gasteiger partial charge in [-0.1, -0.05) is 36.7 Å². The van der Waals surface area contributed by atoms with E-state index >= 15 is 0 Å². The highest BCUT2D eigenvalue weighted by molar-refractivity contribution is 6.31. The lowest BCUT2D eigenvalue weighted by atomic mass is 10.2. The van der Waals surface area contributed by atoms with Gasteiger partial charge in [-0.25, -0.2) is 4.68 Å². The Morgan fingerprint density at radius 3 is 2.62 bits per heavy atom. The molecule has 0 amide bonds. The van der Waals surface area contributed by atoms with Gasteiger partial charge in [0.1, 0.15) is 5.69 Å². The van der Waals surface area contributed by atoms with Crippen LogP contribution in [0.5, 0.6) is 0 Å². The molecule has 6 heteroatoms. The number of halogens is 1. The first-order chi connectivity index (χ1) is 10.1. The van der Waals surface area contributed by atoms with E-state index in [1.165, 1.54) is 0 Å². The van der Waals surface area contributed by atoms with Crippen molar-refractivity contribution in [2.75, 3.05) is 12.8 Å². The van der Waals surface area contributed by atoms with E-state index in [0.717, 1.165) is 17.7 Å². The highest BCUT2D eigenvalue weighted by Gasteiger charge is 2.17. The zero-order valence-electron chi connectivity index (χ0n) is 12.3. The molecule has 0 aliphatic carbocycles. The summed E-state index contributed by atoms with van der Waals surface area (Å²) in [5, 5.41) is 0.639. The maximum absolute atomic E-state index is 12.4. The van der Waals surface area contributed by atoms with Gasteiger partial charge in [-0.15, -0.1) is 0 Å². The molecule has 0 spiro atoms. The Morgan fingerprint density at radius 1 is 1.29 bits per heavy atom. The number of methoxy groups -OCH3 is 1. The molecule has 1 aromatic heterocycles. The number of ether oxygens (including phenoxy) is 1. The second-order valence-corrected chi connectivity index (χ2v) is 5.28. The Morgan fingerprint density at radius 2 is 2.00 bits per heavy atom. The predicted octanol–water partition coefficient (Wildman–Crippen LogP) is 2.49. The Bertz CT molecular complexity index is 676. The van der Waals surface area contributed by atoms with Crippen molar-refractivity contribution >= 4 is 17.3 Å². The summed E-state index contributed by atoms with van der Waals surface area (Å²) in [6, 6.07) is 7.49. The molecule has 2 rings (SSSR count). The number of rotatable bonds is 6. The first kappa shape index (κ1) is 15.7. The molecule has 0 atom stereocenters. The lowest BCUT2D eigenvalue weighted by molar-refractivity contribution is 0.175. The Hall–Kier alpha value is -1.72. The average molecular weight is 310 g/mol. The lowest BCUT2D eigenvalue weighted by Crippen LogP contribution is -2.25. The van der Waals surface area contributed by atoms with Crippen LogP contribution in [0.2, 0.25) is 5.02 Å². The number of nitrogens with two attached hydrogens (primary N) is 1. The van der Waals surface area contributed by atoms with Crippen molar-refractivity contribution in [2.24, 2.45) is 0 Å². The molecule has 2 aromatic rings. The normalized spacial score (nSPS) is 11.0. The summed E-state index contributed by atoms with van der Waals surface area (Å²) in [5.41, 5.74) is 7.60. The fraction of sp³-hybridized carbons (Fsp3) is 0.400. The van der Waals surface area contributed by atoms with Gasteiger partial charge in [-0.05, 0) is 18.1 Å². The fourth-order valence-electron chi connectivity index (χ4n) is 2.36. The van der Waals surface area contributed by atoms with Crippen LogP contribution in [0.15, 0.2) is 29.1 Å². The summed E-state index contributed by atoms with van der Waals surface area (Å²) >= 11 is 6.18. The topological polar surface area (TPSA) is 62.2 Å². The van der Waals surface area contributed by atoms with Crippen molar-refractivity contribution in [1.29, 1.82) is 0 Å². The third-order valence-electron chi connectivity index (χ3n) is 3.37. The molecule has 0 saturated carbocycles. The van der Waals surface area contributed by atoms with Crippen molar-refractivity contribution in [1.82, 2.24) is 9.36 Å². The van der Waals surface area contributed by atoms with Crippen molar-refractivity contribution in [3.05, 3.63) is 50.9 Å². The largest absolute Gasteiger partial charge is 0.393 e. The molecule has 114 valence electrons. The third kappa shape index (κ3) is 3.14. The van der Waals surface area contributed by atoms with Crippen molar-refractivity contribution in [2.45, 2.75) is 33.0 Å². The molecular weight excluding hydrogens is 290 g/mol. The Labute approximate surface area is 128 Å². The number of hydrogen-bond donors (Lipinski definition) is 1. The molecule has 2 N–H and O–H groups in total. The van der Waals surface area contributed by atoms with Gasteiger partial charge >= 0.3 is 0 Å². The van der Waals surface area contributed by atoms with Gasteiger partial charge in [-0.3, -0.25) is 9.48 Å². The minimum atomic E-state index is -0.199. The van der Waals surface area contributed by atoms with E-state index in [-0.39, 0.29) is 11.2 Å². The molecule has 0 bridgehead atoms. The minimum Gasteiger partial charge on any atom is -0.393 e. The second-order valence-electron chi connectivity index (χ2n) is 4.87. The maximum Gasteiger partial charge on any atom is 0.290 e. The van der Waals surface area contributed by atoms with E-state index < -0.39 is 0 Å². The number of benzene rings is 1. The molecule has 0 fully saturated rings. The van der Waals surface area contributed by atoms with Crippen molar-refractivity contribution < 1.29 is 4.74 Å². The monoisotopic (exact) mass is 309 g/mol. The van der Waals surface area contributed by atoms with E-state index in [9.17, 15) is 4.79 Å². The van der Waals surface area contributed by atoms with E-state index in [1.54, 1.807) is 11.8 Å². The third-order valence-corrected chi connectivity index (χ3v) is 3.74. The summed E-state index contributed by atoms with van der Waals surface area (Å²) in [6.07, 6.45) is 0.896.